The van der Waals surface area contributed by atoms with Gasteiger partial charge in [0.05, 0.1) is 32.0 Å². The van der Waals surface area contributed by atoms with Crippen molar-refractivity contribution in [2.75, 3.05) is 19.8 Å². The van der Waals surface area contributed by atoms with E-state index in [-0.39, 0.29) is 0 Å². The Hall–Kier alpha value is -1.01. The zero-order valence-electron chi connectivity index (χ0n) is 8.00. The Labute approximate surface area is 80.0 Å². The normalized spacial score (nSPS) is 9.15. The van der Waals surface area contributed by atoms with Gasteiger partial charge in [-0.25, -0.2) is 0 Å². The Balaban J connectivity index is 2.84. The second-order valence-electron chi connectivity index (χ2n) is 2.62. The third-order valence-electron chi connectivity index (χ3n) is 1.53. The molecule has 3 nitrogen and oxygen atoms in total. The number of hydrogen-bond acceptors (Lipinski definition) is 3. The molecule has 0 saturated carbocycles. The first-order valence-corrected chi connectivity index (χ1v) is 4.59. The molecule has 0 aliphatic heterocycles. The van der Waals surface area contributed by atoms with Crippen LogP contribution in [-0.2, 0) is 9.47 Å². The van der Waals surface area contributed by atoms with E-state index in [4.69, 9.17) is 14.7 Å². The smallest absolute Gasteiger partial charge is 0.0873 e. The minimum atomic E-state index is 0.486. The summed E-state index contributed by atoms with van der Waals surface area (Å²) in [6, 6.07) is 2.03. The Morgan fingerprint density at radius 2 is 1.92 bits per heavy atom. The first kappa shape index (κ1) is 12.0. The molecular formula is C10H17NO2. The number of unbranched alkanes of at least 4 members (excludes halogenated alkanes) is 2. The average Bonchev–Trinajstić information content (AvgIpc) is 2.16. The molecule has 0 N–H and O–H groups in total. The van der Waals surface area contributed by atoms with Gasteiger partial charge in [-0.1, -0.05) is 6.58 Å². The Morgan fingerprint density at radius 1 is 1.15 bits per heavy atom. The van der Waals surface area contributed by atoms with Crippen LogP contribution in [-0.4, -0.2) is 19.8 Å². The molecule has 0 fully saturated rings. The van der Waals surface area contributed by atoms with E-state index in [2.05, 4.69) is 6.58 Å². The fourth-order valence-electron chi connectivity index (χ4n) is 0.870. The van der Waals surface area contributed by atoms with Crippen molar-refractivity contribution >= 4 is 0 Å². The molecule has 0 aliphatic rings. The van der Waals surface area contributed by atoms with E-state index in [1.807, 2.05) is 6.07 Å². The summed E-state index contributed by atoms with van der Waals surface area (Å²) >= 11 is 0. The number of nitrogens with zero attached hydrogens (tertiary/aromatic N) is 1. The van der Waals surface area contributed by atoms with Crippen LogP contribution in [0.5, 0.6) is 0 Å². The molecule has 13 heavy (non-hydrogen) atoms. The minimum absolute atomic E-state index is 0.486. The third-order valence-corrected chi connectivity index (χ3v) is 1.53. The highest BCUT2D eigenvalue weighted by Gasteiger charge is 1.90. The molecule has 0 heterocycles. The molecular weight excluding hydrogens is 166 g/mol. The van der Waals surface area contributed by atoms with Crippen LogP contribution < -0.4 is 0 Å². The van der Waals surface area contributed by atoms with E-state index >= 15 is 0 Å². The van der Waals surface area contributed by atoms with Crippen molar-refractivity contribution in [3.63, 3.8) is 0 Å². The van der Waals surface area contributed by atoms with Crippen LogP contribution >= 0.6 is 0 Å². The maximum Gasteiger partial charge on any atom is 0.0873 e. The van der Waals surface area contributed by atoms with E-state index in [0.29, 0.717) is 13.0 Å². The molecule has 0 unspecified atom stereocenters. The molecule has 0 saturated heterocycles. The highest BCUT2D eigenvalue weighted by Crippen LogP contribution is 1.96. The standard InChI is InChI=1S/C10H17NO2/c1-2-12-8-4-3-5-9-13-10-6-7-11/h2H,1,3-6,8-10H2. The molecule has 0 bridgehead atoms. The van der Waals surface area contributed by atoms with Crippen LogP contribution in [0.15, 0.2) is 12.8 Å². The molecule has 0 radical (unpaired) electrons. The first-order valence-electron chi connectivity index (χ1n) is 4.59. The fraction of sp³-hybridized carbons (Fsp3) is 0.700. The zero-order chi connectivity index (χ0) is 9.78. The lowest BCUT2D eigenvalue weighted by Crippen LogP contribution is -1.97. The number of ether oxygens (including phenoxy) is 2. The van der Waals surface area contributed by atoms with Gasteiger partial charge in [-0.3, -0.25) is 0 Å². The van der Waals surface area contributed by atoms with Crippen molar-refractivity contribution in [2.45, 2.75) is 25.7 Å². The highest BCUT2D eigenvalue weighted by molar-refractivity contribution is 4.66. The summed E-state index contributed by atoms with van der Waals surface area (Å²) < 4.78 is 10.2. The molecule has 0 spiro atoms. The van der Waals surface area contributed by atoms with Gasteiger partial charge in [0.25, 0.3) is 0 Å². The predicted octanol–water partition coefficient (Wildman–Crippen LogP) is 2.25. The van der Waals surface area contributed by atoms with Crippen LogP contribution in [0.4, 0.5) is 0 Å². The summed E-state index contributed by atoms with van der Waals surface area (Å²) in [4.78, 5) is 0. The lowest BCUT2D eigenvalue weighted by molar-refractivity contribution is 0.133. The Kier molecular flexibility index (Phi) is 10.1. The van der Waals surface area contributed by atoms with Crippen molar-refractivity contribution in [1.29, 1.82) is 5.26 Å². The quantitative estimate of drug-likeness (QED) is 0.406. The number of rotatable bonds is 9. The van der Waals surface area contributed by atoms with Crippen LogP contribution in [0.25, 0.3) is 0 Å². The molecule has 0 aromatic carbocycles. The van der Waals surface area contributed by atoms with Gasteiger partial charge in [-0.2, -0.15) is 5.26 Å². The summed E-state index contributed by atoms with van der Waals surface area (Å²) in [6.45, 7) is 5.49. The van der Waals surface area contributed by atoms with E-state index < -0.39 is 0 Å². The number of nitriles is 1. The Morgan fingerprint density at radius 3 is 2.62 bits per heavy atom. The van der Waals surface area contributed by atoms with Crippen molar-refractivity contribution < 1.29 is 9.47 Å². The summed E-state index contributed by atoms with van der Waals surface area (Å²) in [6.07, 6.45) is 5.11. The predicted molar refractivity (Wildman–Crippen MR) is 51.0 cm³/mol. The second-order valence-corrected chi connectivity index (χ2v) is 2.62. The van der Waals surface area contributed by atoms with Crippen molar-refractivity contribution in [1.82, 2.24) is 0 Å². The molecule has 0 aliphatic carbocycles. The Bertz CT molecular complexity index is 151. The maximum atomic E-state index is 8.21. The zero-order valence-corrected chi connectivity index (χ0v) is 8.00. The lowest BCUT2D eigenvalue weighted by atomic mass is 10.2. The highest BCUT2D eigenvalue weighted by atomic mass is 16.5. The van der Waals surface area contributed by atoms with Gasteiger partial charge in [0.1, 0.15) is 0 Å². The third kappa shape index (κ3) is 11.0. The van der Waals surface area contributed by atoms with Crippen LogP contribution in [0.2, 0.25) is 0 Å². The van der Waals surface area contributed by atoms with E-state index in [9.17, 15) is 0 Å². The SMILES string of the molecule is C=COCCCCCOCCC#N. The molecule has 0 aromatic heterocycles. The van der Waals surface area contributed by atoms with Gasteiger partial charge in [0, 0.05) is 6.61 Å². The fourth-order valence-corrected chi connectivity index (χ4v) is 0.870. The van der Waals surface area contributed by atoms with Gasteiger partial charge in [-0.05, 0) is 19.3 Å². The summed E-state index contributed by atoms with van der Waals surface area (Å²) in [5.74, 6) is 0. The largest absolute Gasteiger partial charge is 0.502 e. The number of hydrogen-bond donors (Lipinski definition) is 0. The van der Waals surface area contributed by atoms with Crippen molar-refractivity contribution in [3.8, 4) is 6.07 Å². The van der Waals surface area contributed by atoms with Crippen LogP contribution in [0.3, 0.4) is 0 Å². The summed E-state index contributed by atoms with van der Waals surface area (Å²) in [7, 11) is 0. The molecule has 0 atom stereocenters. The first-order chi connectivity index (χ1) is 6.41. The molecule has 3 heteroatoms. The van der Waals surface area contributed by atoms with Crippen molar-refractivity contribution in [3.05, 3.63) is 12.8 Å². The minimum Gasteiger partial charge on any atom is -0.502 e. The molecule has 0 amide bonds. The van der Waals surface area contributed by atoms with Gasteiger partial charge in [0.2, 0.25) is 0 Å². The lowest BCUT2D eigenvalue weighted by Gasteiger charge is -2.01. The van der Waals surface area contributed by atoms with Gasteiger partial charge in [-0.15, -0.1) is 0 Å². The van der Waals surface area contributed by atoms with Crippen LogP contribution in [0.1, 0.15) is 25.7 Å². The van der Waals surface area contributed by atoms with E-state index in [0.717, 1.165) is 32.5 Å². The summed E-state index contributed by atoms with van der Waals surface area (Å²) in [5, 5.41) is 8.21. The van der Waals surface area contributed by atoms with E-state index in [1.54, 1.807) is 0 Å². The monoisotopic (exact) mass is 183 g/mol. The maximum absolute atomic E-state index is 8.21. The molecule has 0 rings (SSSR count). The molecule has 74 valence electrons. The summed E-state index contributed by atoms with van der Waals surface area (Å²) in [5.41, 5.74) is 0. The van der Waals surface area contributed by atoms with Gasteiger partial charge < -0.3 is 9.47 Å². The average molecular weight is 183 g/mol. The molecule has 0 aromatic rings. The van der Waals surface area contributed by atoms with E-state index in [1.165, 1.54) is 6.26 Å². The van der Waals surface area contributed by atoms with Gasteiger partial charge in [0.15, 0.2) is 0 Å². The van der Waals surface area contributed by atoms with Gasteiger partial charge >= 0.3 is 0 Å². The van der Waals surface area contributed by atoms with Crippen LogP contribution in [0, 0.1) is 11.3 Å². The van der Waals surface area contributed by atoms with Crippen molar-refractivity contribution in [2.24, 2.45) is 0 Å². The topological polar surface area (TPSA) is 42.2 Å². The second kappa shape index (κ2) is 11.0.